The third kappa shape index (κ3) is 8.08. The Hall–Kier alpha value is -0.240. The van der Waals surface area contributed by atoms with Crippen LogP contribution in [0.2, 0.25) is 0 Å². The van der Waals surface area contributed by atoms with Crippen LogP contribution in [-0.4, -0.2) is 55.8 Å². The van der Waals surface area contributed by atoms with Gasteiger partial charge < -0.3 is 10.6 Å². The molecule has 0 spiro atoms. The first-order valence-electron chi connectivity index (χ1n) is 9.67. The summed E-state index contributed by atoms with van der Waals surface area (Å²) in [5, 5.41) is 6.79. The predicted molar refractivity (Wildman–Crippen MR) is 134 cm³/mol. The molecule has 0 amide bonds. The van der Waals surface area contributed by atoms with Crippen molar-refractivity contribution < 1.29 is 12.6 Å². The number of nitrogens with one attached hydrogen (secondary N) is 3. The van der Waals surface area contributed by atoms with Crippen LogP contribution in [0, 0.1) is 13.8 Å². The molecule has 7 nitrogen and oxygen atoms in total. The van der Waals surface area contributed by atoms with Gasteiger partial charge in [0.2, 0.25) is 10.0 Å². The van der Waals surface area contributed by atoms with E-state index in [1.807, 2.05) is 20.8 Å². The zero-order valence-electron chi connectivity index (χ0n) is 17.5. The van der Waals surface area contributed by atoms with Gasteiger partial charge in [0.05, 0.1) is 4.90 Å². The first-order valence-corrected chi connectivity index (χ1v) is 13.4. The molecule has 0 bridgehead atoms. The fourth-order valence-electron chi connectivity index (χ4n) is 3.46. The fourth-order valence-corrected chi connectivity index (χ4v) is 7.39. The number of halogens is 1. The Morgan fingerprint density at radius 3 is 2.62 bits per heavy atom. The van der Waals surface area contributed by atoms with Gasteiger partial charge in [-0.25, -0.2) is 13.1 Å². The Bertz CT molecular complexity index is 811. The minimum atomic E-state index is -3.50. The number of sulfonamides is 1. The monoisotopic (exact) mass is 576 g/mol. The second-order valence-corrected chi connectivity index (χ2v) is 12.2. The smallest absolute Gasteiger partial charge is 0.241 e. The number of thiophene rings is 1. The molecule has 11 heteroatoms. The first-order chi connectivity index (χ1) is 13.3. The van der Waals surface area contributed by atoms with Crippen molar-refractivity contribution in [3.8, 4) is 0 Å². The number of hydrogen-bond acceptors (Lipinski definition) is 5. The summed E-state index contributed by atoms with van der Waals surface area (Å²) in [6.07, 6.45) is 3.99. The van der Waals surface area contributed by atoms with Crippen LogP contribution in [0.1, 0.15) is 42.4 Å². The lowest BCUT2D eigenvalue weighted by Gasteiger charge is -2.30. The molecule has 3 atom stereocenters. The van der Waals surface area contributed by atoms with Crippen molar-refractivity contribution in [2.24, 2.45) is 4.99 Å². The van der Waals surface area contributed by atoms with Crippen molar-refractivity contribution in [1.82, 2.24) is 15.4 Å². The molecule has 1 aliphatic carbocycles. The summed E-state index contributed by atoms with van der Waals surface area (Å²) in [6, 6.07) is 1.95. The Balaban J connectivity index is 0.00000420. The molecule has 3 unspecified atom stereocenters. The Morgan fingerprint density at radius 1 is 1.31 bits per heavy atom. The van der Waals surface area contributed by atoms with Crippen molar-refractivity contribution in [2.75, 3.05) is 25.9 Å². The lowest BCUT2D eigenvalue weighted by Crippen LogP contribution is -2.48. The molecule has 1 aliphatic rings. The number of hydrogen-bond donors (Lipinski definition) is 3. The molecule has 0 aromatic carbocycles. The summed E-state index contributed by atoms with van der Waals surface area (Å²) in [4.78, 5) is 6.36. The molecular weight excluding hydrogens is 543 g/mol. The number of rotatable bonds is 8. The third-order valence-electron chi connectivity index (χ3n) is 4.84. The second kappa shape index (κ2) is 12.6. The van der Waals surface area contributed by atoms with Gasteiger partial charge >= 0.3 is 0 Å². The van der Waals surface area contributed by atoms with Gasteiger partial charge in [-0.3, -0.25) is 9.20 Å². The number of nitrogens with zero attached hydrogens (tertiary/aromatic N) is 1. The number of aryl methyl sites for hydroxylation is 2. The van der Waals surface area contributed by atoms with E-state index in [0.717, 1.165) is 35.4 Å². The maximum atomic E-state index is 12.4. The molecule has 1 saturated carbocycles. The van der Waals surface area contributed by atoms with E-state index in [2.05, 4.69) is 20.3 Å². The van der Waals surface area contributed by atoms with Crippen LogP contribution < -0.4 is 15.4 Å². The predicted octanol–water partition coefficient (Wildman–Crippen LogP) is 2.51. The molecule has 2 rings (SSSR count). The van der Waals surface area contributed by atoms with Crippen molar-refractivity contribution in [3.05, 3.63) is 15.8 Å². The van der Waals surface area contributed by atoms with Crippen LogP contribution in [0.3, 0.4) is 0 Å². The quantitative estimate of drug-likeness (QED) is 0.191. The highest BCUT2D eigenvalue weighted by atomic mass is 127. The average molecular weight is 577 g/mol. The van der Waals surface area contributed by atoms with Crippen molar-refractivity contribution in [1.29, 1.82) is 0 Å². The highest BCUT2D eigenvalue weighted by molar-refractivity contribution is 14.0. The van der Waals surface area contributed by atoms with Gasteiger partial charge in [0, 0.05) is 57.7 Å². The zero-order chi connectivity index (χ0) is 20.7. The molecule has 3 N–H and O–H groups in total. The normalized spacial score (nSPS) is 21.3. The van der Waals surface area contributed by atoms with Gasteiger partial charge in [-0.1, -0.05) is 13.3 Å². The SMILES string of the molecule is CCS(=O)C1CCCC(NC(=NC)NCCNS(=O)(=O)c2cc(C)sc2C)C1.I. The standard InChI is InChI=1S/C18H32N4O3S3.HI/c1-5-27(23)16-8-6-7-15(12-16)22-18(19-4)20-9-10-21-28(24,25)17-11-13(2)26-14(17)3;/h11,15-16,21H,5-10,12H2,1-4H3,(H2,19,20,22);1H. The topological polar surface area (TPSA) is 99.7 Å². The lowest BCUT2D eigenvalue weighted by atomic mass is 9.95. The lowest BCUT2D eigenvalue weighted by molar-refractivity contribution is 0.413. The van der Waals surface area contributed by atoms with E-state index in [4.69, 9.17) is 0 Å². The fraction of sp³-hybridized carbons (Fsp3) is 0.722. The van der Waals surface area contributed by atoms with Crippen LogP contribution in [0.4, 0.5) is 0 Å². The molecule has 1 fully saturated rings. The van der Waals surface area contributed by atoms with E-state index >= 15 is 0 Å². The molecule has 0 radical (unpaired) electrons. The molecule has 29 heavy (non-hydrogen) atoms. The van der Waals surface area contributed by atoms with Gasteiger partial charge in [0.15, 0.2) is 5.96 Å². The van der Waals surface area contributed by atoms with Gasteiger partial charge in [-0.15, -0.1) is 35.3 Å². The van der Waals surface area contributed by atoms with E-state index < -0.39 is 20.8 Å². The maximum Gasteiger partial charge on any atom is 0.241 e. The maximum absolute atomic E-state index is 12.4. The molecule has 168 valence electrons. The minimum absolute atomic E-state index is 0. The van der Waals surface area contributed by atoms with Crippen LogP contribution in [0.15, 0.2) is 16.0 Å². The average Bonchev–Trinajstić information content (AvgIpc) is 3.02. The largest absolute Gasteiger partial charge is 0.355 e. The number of aliphatic imine (C=N–C) groups is 1. The van der Waals surface area contributed by atoms with E-state index in [1.165, 1.54) is 11.3 Å². The highest BCUT2D eigenvalue weighted by Gasteiger charge is 2.26. The molecule has 0 aliphatic heterocycles. The Kier molecular flexibility index (Phi) is 11.6. The zero-order valence-corrected chi connectivity index (χ0v) is 22.3. The van der Waals surface area contributed by atoms with Crippen LogP contribution >= 0.6 is 35.3 Å². The van der Waals surface area contributed by atoms with E-state index in [1.54, 1.807) is 13.1 Å². The molecule has 1 aromatic rings. The van der Waals surface area contributed by atoms with Crippen molar-refractivity contribution >= 4 is 62.1 Å². The number of guanidine groups is 1. The molecular formula is C18H33IN4O3S3. The summed E-state index contributed by atoms with van der Waals surface area (Å²) in [5.74, 6) is 1.35. The third-order valence-corrected chi connectivity index (χ3v) is 9.26. The second-order valence-electron chi connectivity index (χ2n) is 6.97. The van der Waals surface area contributed by atoms with E-state index in [9.17, 15) is 12.6 Å². The Labute approximate surface area is 198 Å². The summed E-state index contributed by atoms with van der Waals surface area (Å²) in [7, 11) is -2.56. The molecule has 1 aromatic heterocycles. The van der Waals surface area contributed by atoms with Gasteiger partial charge in [0.25, 0.3) is 0 Å². The van der Waals surface area contributed by atoms with Crippen molar-refractivity contribution in [2.45, 2.75) is 62.6 Å². The summed E-state index contributed by atoms with van der Waals surface area (Å²) in [5.41, 5.74) is 0. The Morgan fingerprint density at radius 2 is 2.03 bits per heavy atom. The summed E-state index contributed by atoms with van der Waals surface area (Å²) >= 11 is 1.48. The van der Waals surface area contributed by atoms with E-state index in [-0.39, 0.29) is 41.8 Å². The molecule has 1 heterocycles. The minimum Gasteiger partial charge on any atom is -0.355 e. The van der Waals surface area contributed by atoms with E-state index in [0.29, 0.717) is 23.2 Å². The highest BCUT2D eigenvalue weighted by Crippen LogP contribution is 2.24. The van der Waals surface area contributed by atoms with Gasteiger partial charge in [-0.05, 0) is 39.2 Å². The van der Waals surface area contributed by atoms with Crippen LogP contribution in [0.25, 0.3) is 0 Å². The van der Waals surface area contributed by atoms with Crippen LogP contribution in [-0.2, 0) is 20.8 Å². The summed E-state index contributed by atoms with van der Waals surface area (Å²) < 4.78 is 39.6. The van der Waals surface area contributed by atoms with Gasteiger partial charge in [0.1, 0.15) is 0 Å². The summed E-state index contributed by atoms with van der Waals surface area (Å²) in [6.45, 7) is 6.38. The first kappa shape index (κ1) is 26.8. The van der Waals surface area contributed by atoms with Crippen LogP contribution in [0.5, 0.6) is 0 Å². The van der Waals surface area contributed by atoms with Crippen molar-refractivity contribution in [3.63, 3.8) is 0 Å². The molecule has 0 saturated heterocycles. The van der Waals surface area contributed by atoms with Gasteiger partial charge in [-0.2, -0.15) is 0 Å².